The quantitative estimate of drug-likeness (QED) is 0.833. The van der Waals surface area contributed by atoms with E-state index in [2.05, 4.69) is 5.32 Å². The molecule has 1 atom stereocenters. The van der Waals surface area contributed by atoms with Crippen LogP contribution in [0.25, 0.3) is 0 Å². The molecule has 3 N–H and O–H groups in total. The molecule has 1 aromatic rings. The number of carbonyl (C=O) groups is 1. The summed E-state index contributed by atoms with van der Waals surface area (Å²) in [6.45, 7) is 0. The van der Waals surface area contributed by atoms with Crippen molar-refractivity contribution in [2.24, 2.45) is 5.73 Å². The van der Waals surface area contributed by atoms with Crippen LogP contribution in [0.2, 0.25) is 0 Å². The van der Waals surface area contributed by atoms with Crippen LogP contribution in [0.5, 0.6) is 0 Å². The zero-order valence-corrected chi connectivity index (χ0v) is 12.1. The summed E-state index contributed by atoms with van der Waals surface area (Å²) in [6, 6.07) is 8.92. The number of hydrogen-bond acceptors (Lipinski definition) is 4. The molecule has 6 heteroatoms. The van der Waals surface area contributed by atoms with Crippen molar-refractivity contribution < 1.29 is 13.2 Å². The molecule has 0 saturated carbocycles. The molecule has 1 aliphatic rings. The van der Waals surface area contributed by atoms with Crippen LogP contribution in [0, 0.1) is 0 Å². The van der Waals surface area contributed by atoms with Crippen LogP contribution >= 0.6 is 0 Å². The summed E-state index contributed by atoms with van der Waals surface area (Å²) in [6.07, 6.45) is 1.44. The van der Waals surface area contributed by atoms with Gasteiger partial charge in [-0.05, 0) is 24.8 Å². The minimum absolute atomic E-state index is 0.0761. The molecule has 1 fully saturated rings. The second-order valence-corrected chi connectivity index (χ2v) is 7.53. The first-order chi connectivity index (χ1) is 9.46. The standard InChI is InChI=1S/C14H20N2O3S/c15-13(10-11-4-2-1-3-5-11)14(17)16-12-6-8-20(18,19)9-7-12/h1-5,12-13H,6-10,15H2,(H,16,17). The molecule has 1 aliphatic heterocycles. The van der Waals surface area contributed by atoms with E-state index >= 15 is 0 Å². The molecule has 20 heavy (non-hydrogen) atoms. The van der Waals surface area contributed by atoms with Gasteiger partial charge in [0.25, 0.3) is 0 Å². The van der Waals surface area contributed by atoms with E-state index in [1.807, 2.05) is 30.3 Å². The Labute approximate surface area is 119 Å². The zero-order chi connectivity index (χ0) is 14.6. The van der Waals surface area contributed by atoms with Gasteiger partial charge in [-0.25, -0.2) is 8.42 Å². The van der Waals surface area contributed by atoms with Crippen LogP contribution in [-0.2, 0) is 21.1 Å². The van der Waals surface area contributed by atoms with Crippen molar-refractivity contribution >= 4 is 15.7 Å². The van der Waals surface area contributed by atoms with Gasteiger partial charge in [0.2, 0.25) is 5.91 Å². The van der Waals surface area contributed by atoms with E-state index < -0.39 is 15.9 Å². The normalized spacial score (nSPS) is 20.2. The number of hydrogen-bond donors (Lipinski definition) is 2. The second kappa shape index (κ2) is 6.37. The minimum Gasteiger partial charge on any atom is -0.352 e. The van der Waals surface area contributed by atoms with Gasteiger partial charge in [-0.2, -0.15) is 0 Å². The lowest BCUT2D eigenvalue weighted by Gasteiger charge is -2.24. The monoisotopic (exact) mass is 296 g/mol. The third-order valence-corrected chi connectivity index (χ3v) is 5.25. The predicted octanol–water partition coefficient (Wildman–Crippen LogP) is 0.250. The highest BCUT2D eigenvalue weighted by Gasteiger charge is 2.26. The minimum atomic E-state index is -2.90. The van der Waals surface area contributed by atoms with Crippen molar-refractivity contribution in [3.05, 3.63) is 35.9 Å². The average molecular weight is 296 g/mol. The fraction of sp³-hybridized carbons (Fsp3) is 0.500. The Morgan fingerprint density at radius 2 is 1.85 bits per heavy atom. The lowest BCUT2D eigenvalue weighted by atomic mass is 10.1. The molecule has 1 aromatic carbocycles. The predicted molar refractivity (Wildman–Crippen MR) is 77.9 cm³/mol. The number of nitrogens with two attached hydrogens (primary N) is 1. The van der Waals surface area contributed by atoms with Crippen LogP contribution < -0.4 is 11.1 Å². The van der Waals surface area contributed by atoms with Gasteiger partial charge in [-0.15, -0.1) is 0 Å². The molecular formula is C14H20N2O3S. The van der Waals surface area contributed by atoms with Crippen LogP contribution in [0.4, 0.5) is 0 Å². The summed E-state index contributed by atoms with van der Waals surface area (Å²) in [7, 11) is -2.90. The Hall–Kier alpha value is -1.40. The lowest BCUT2D eigenvalue weighted by Crippen LogP contribution is -2.48. The van der Waals surface area contributed by atoms with Crippen LogP contribution in [-0.4, -0.2) is 37.9 Å². The summed E-state index contributed by atoms with van der Waals surface area (Å²) < 4.78 is 22.6. The van der Waals surface area contributed by atoms with E-state index in [1.165, 1.54) is 0 Å². The van der Waals surface area contributed by atoms with Gasteiger partial charge in [-0.1, -0.05) is 30.3 Å². The van der Waals surface area contributed by atoms with Crippen molar-refractivity contribution in [3.63, 3.8) is 0 Å². The molecular weight excluding hydrogens is 276 g/mol. The molecule has 0 spiro atoms. The summed E-state index contributed by atoms with van der Waals surface area (Å²) in [5.41, 5.74) is 6.90. The van der Waals surface area contributed by atoms with Crippen molar-refractivity contribution in [1.29, 1.82) is 0 Å². The lowest BCUT2D eigenvalue weighted by molar-refractivity contribution is -0.123. The van der Waals surface area contributed by atoms with Crippen LogP contribution in [0.3, 0.4) is 0 Å². The van der Waals surface area contributed by atoms with Crippen LogP contribution in [0.1, 0.15) is 18.4 Å². The number of nitrogens with one attached hydrogen (secondary N) is 1. The molecule has 0 aliphatic carbocycles. The Bertz CT molecular complexity index is 543. The first kappa shape index (κ1) is 15.0. The summed E-state index contributed by atoms with van der Waals surface area (Å²) >= 11 is 0. The van der Waals surface area contributed by atoms with E-state index in [4.69, 9.17) is 5.73 Å². The second-order valence-electron chi connectivity index (χ2n) is 5.23. The highest BCUT2D eigenvalue weighted by molar-refractivity contribution is 7.91. The molecule has 1 unspecified atom stereocenters. The van der Waals surface area contributed by atoms with E-state index in [1.54, 1.807) is 0 Å². The van der Waals surface area contributed by atoms with Crippen molar-refractivity contribution in [3.8, 4) is 0 Å². The fourth-order valence-corrected chi connectivity index (χ4v) is 3.79. The van der Waals surface area contributed by atoms with E-state index in [0.29, 0.717) is 19.3 Å². The summed E-state index contributed by atoms with van der Waals surface area (Å²) in [5, 5.41) is 2.85. The van der Waals surface area contributed by atoms with Gasteiger partial charge < -0.3 is 11.1 Å². The molecule has 1 amide bonds. The highest BCUT2D eigenvalue weighted by atomic mass is 32.2. The maximum Gasteiger partial charge on any atom is 0.237 e. The van der Waals surface area contributed by atoms with Gasteiger partial charge in [0.15, 0.2) is 0 Å². The first-order valence-corrected chi connectivity index (χ1v) is 8.59. The highest BCUT2D eigenvalue weighted by Crippen LogP contribution is 2.12. The topological polar surface area (TPSA) is 89.3 Å². The van der Waals surface area contributed by atoms with E-state index in [0.717, 1.165) is 5.56 Å². The summed E-state index contributed by atoms with van der Waals surface area (Å²) in [4.78, 5) is 12.0. The number of benzene rings is 1. The Morgan fingerprint density at radius 3 is 2.45 bits per heavy atom. The molecule has 110 valence electrons. The van der Waals surface area contributed by atoms with E-state index in [9.17, 15) is 13.2 Å². The van der Waals surface area contributed by atoms with Crippen molar-refractivity contribution in [1.82, 2.24) is 5.32 Å². The molecule has 0 aromatic heterocycles. The molecule has 1 heterocycles. The van der Waals surface area contributed by atoms with E-state index in [-0.39, 0.29) is 23.5 Å². The van der Waals surface area contributed by atoms with Crippen molar-refractivity contribution in [2.75, 3.05) is 11.5 Å². The molecule has 5 nitrogen and oxygen atoms in total. The third-order valence-electron chi connectivity index (χ3n) is 3.54. The number of rotatable bonds is 4. The number of sulfone groups is 1. The number of amides is 1. The van der Waals surface area contributed by atoms with Gasteiger partial charge in [0, 0.05) is 6.04 Å². The SMILES string of the molecule is NC(Cc1ccccc1)C(=O)NC1CCS(=O)(=O)CC1. The largest absolute Gasteiger partial charge is 0.352 e. The van der Waals surface area contributed by atoms with Gasteiger partial charge in [0.05, 0.1) is 17.5 Å². The molecule has 0 radical (unpaired) electrons. The van der Waals surface area contributed by atoms with Crippen LogP contribution in [0.15, 0.2) is 30.3 Å². The smallest absolute Gasteiger partial charge is 0.237 e. The Kier molecular flexibility index (Phi) is 4.77. The third kappa shape index (κ3) is 4.31. The fourth-order valence-electron chi connectivity index (χ4n) is 2.30. The maximum atomic E-state index is 12.0. The van der Waals surface area contributed by atoms with Crippen molar-refractivity contribution in [2.45, 2.75) is 31.3 Å². The Morgan fingerprint density at radius 1 is 1.25 bits per heavy atom. The maximum absolute atomic E-state index is 12.0. The average Bonchev–Trinajstić information content (AvgIpc) is 2.42. The van der Waals surface area contributed by atoms with Gasteiger partial charge in [-0.3, -0.25) is 4.79 Å². The summed E-state index contributed by atoms with van der Waals surface area (Å²) in [5.74, 6) is 0.0794. The molecule has 2 rings (SSSR count). The molecule has 0 bridgehead atoms. The molecule has 1 saturated heterocycles. The van der Waals surface area contributed by atoms with Gasteiger partial charge >= 0.3 is 0 Å². The van der Waals surface area contributed by atoms with Gasteiger partial charge in [0.1, 0.15) is 9.84 Å². The zero-order valence-electron chi connectivity index (χ0n) is 11.3. The first-order valence-electron chi connectivity index (χ1n) is 6.76. The Balaban J connectivity index is 1.83. The number of carbonyl (C=O) groups excluding carboxylic acids is 1.